The first kappa shape index (κ1) is 10.6. The molecule has 1 saturated heterocycles. The molecule has 2 atom stereocenters. The summed E-state index contributed by atoms with van der Waals surface area (Å²) < 4.78 is 0. The van der Waals surface area contributed by atoms with Gasteiger partial charge in [-0.1, -0.05) is 30.7 Å². The van der Waals surface area contributed by atoms with E-state index in [1.807, 2.05) is 0 Å². The molecule has 1 aliphatic carbocycles. The lowest BCUT2D eigenvalue weighted by Crippen LogP contribution is -2.30. The van der Waals surface area contributed by atoms with E-state index < -0.39 is 0 Å². The first-order valence-electron chi connectivity index (χ1n) is 6.10. The van der Waals surface area contributed by atoms with Crippen molar-refractivity contribution in [2.24, 2.45) is 5.41 Å². The third-order valence-corrected chi connectivity index (χ3v) is 5.04. The highest BCUT2D eigenvalue weighted by molar-refractivity contribution is 6.32. The van der Waals surface area contributed by atoms with E-state index in [1.54, 1.807) is 0 Å². The van der Waals surface area contributed by atoms with Gasteiger partial charge >= 0.3 is 0 Å². The number of halogens is 1. The zero-order valence-corrected chi connectivity index (χ0v) is 10.7. The summed E-state index contributed by atoms with van der Waals surface area (Å²) in [5.41, 5.74) is 4.57. The van der Waals surface area contributed by atoms with Crippen LogP contribution in [0.5, 0.6) is 0 Å². The van der Waals surface area contributed by atoms with E-state index in [2.05, 4.69) is 31.3 Å². The standard InChI is InChI=1S/C14H18ClN/c1-9-3-4-10-11(13(9)15)5-6-14(2)8-16-7-12(10)14/h3-4,12,16H,5-8H2,1-2H3/t12-,14-/m1/s1. The maximum absolute atomic E-state index is 6.43. The number of nitrogens with one attached hydrogen (secondary N) is 1. The Morgan fingerprint density at radius 1 is 1.44 bits per heavy atom. The quantitative estimate of drug-likeness (QED) is 0.728. The lowest BCUT2D eigenvalue weighted by atomic mass is 9.67. The molecule has 1 fully saturated rings. The SMILES string of the molecule is Cc1ccc2c(c1Cl)CC[C@]1(C)CNC[C@H]21. The second-order valence-corrected chi connectivity index (χ2v) is 5.98. The van der Waals surface area contributed by atoms with Gasteiger partial charge in [-0.2, -0.15) is 0 Å². The van der Waals surface area contributed by atoms with E-state index in [9.17, 15) is 0 Å². The molecule has 2 aliphatic rings. The average Bonchev–Trinajstić information content (AvgIpc) is 2.65. The maximum Gasteiger partial charge on any atom is 0.0470 e. The van der Waals surface area contributed by atoms with Crippen LogP contribution in [0.4, 0.5) is 0 Å². The number of aryl methyl sites for hydroxylation is 1. The highest BCUT2D eigenvalue weighted by atomic mass is 35.5. The number of fused-ring (bicyclic) bond motifs is 3. The summed E-state index contributed by atoms with van der Waals surface area (Å²) >= 11 is 6.43. The molecule has 1 nitrogen and oxygen atoms in total. The molecule has 1 aromatic carbocycles. The van der Waals surface area contributed by atoms with E-state index in [4.69, 9.17) is 11.6 Å². The second kappa shape index (κ2) is 3.48. The normalized spacial score (nSPS) is 32.3. The molecule has 0 saturated carbocycles. The summed E-state index contributed by atoms with van der Waals surface area (Å²) in [5, 5.41) is 4.54. The fourth-order valence-corrected chi connectivity index (χ4v) is 3.63. The lowest BCUT2D eigenvalue weighted by Gasteiger charge is -2.37. The van der Waals surface area contributed by atoms with E-state index in [0.717, 1.165) is 24.5 Å². The third kappa shape index (κ3) is 1.34. The zero-order valence-electron chi connectivity index (χ0n) is 9.94. The molecule has 2 heteroatoms. The number of rotatable bonds is 0. The fourth-order valence-electron chi connectivity index (χ4n) is 3.36. The zero-order chi connectivity index (χ0) is 11.3. The van der Waals surface area contributed by atoms with Crippen LogP contribution in [-0.2, 0) is 6.42 Å². The van der Waals surface area contributed by atoms with Crippen LogP contribution in [-0.4, -0.2) is 13.1 Å². The molecule has 0 spiro atoms. The first-order chi connectivity index (χ1) is 7.62. The molecule has 86 valence electrons. The van der Waals surface area contributed by atoms with Crippen LogP contribution in [0, 0.1) is 12.3 Å². The first-order valence-corrected chi connectivity index (χ1v) is 6.48. The van der Waals surface area contributed by atoms with Gasteiger partial charge in [-0.05, 0) is 41.9 Å². The Labute approximate surface area is 102 Å². The summed E-state index contributed by atoms with van der Waals surface area (Å²) in [4.78, 5) is 0. The molecule has 0 unspecified atom stereocenters. The number of benzene rings is 1. The molecule has 1 aliphatic heterocycles. The molecule has 3 rings (SSSR count). The minimum atomic E-state index is 0.450. The summed E-state index contributed by atoms with van der Waals surface area (Å²) in [6.45, 7) is 6.78. The van der Waals surface area contributed by atoms with Crippen molar-refractivity contribution in [3.63, 3.8) is 0 Å². The number of hydrogen-bond acceptors (Lipinski definition) is 1. The monoisotopic (exact) mass is 235 g/mol. The molecule has 1 heterocycles. The highest BCUT2D eigenvalue weighted by Gasteiger charge is 2.43. The summed E-state index contributed by atoms with van der Waals surface area (Å²) in [6, 6.07) is 4.47. The van der Waals surface area contributed by atoms with Crippen LogP contribution in [0.25, 0.3) is 0 Å². The number of hydrogen-bond donors (Lipinski definition) is 1. The van der Waals surface area contributed by atoms with E-state index in [0.29, 0.717) is 11.3 Å². The van der Waals surface area contributed by atoms with E-state index >= 15 is 0 Å². The van der Waals surface area contributed by atoms with Crippen LogP contribution in [0.3, 0.4) is 0 Å². The van der Waals surface area contributed by atoms with Gasteiger partial charge in [-0.25, -0.2) is 0 Å². The van der Waals surface area contributed by atoms with Gasteiger partial charge in [0.25, 0.3) is 0 Å². The predicted molar refractivity (Wildman–Crippen MR) is 68.2 cm³/mol. The van der Waals surface area contributed by atoms with Crippen molar-refractivity contribution >= 4 is 11.6 Å². The van der Waals surface area contributed by atoms with Gasteiger partial charge in [-0.3, -0.25) is 0 Å². The highest BCUT2D eigenvalue weighted by Crippen LogP contribution is 2.49. The Kier molecular flexibility index (Phi) is 2.31. The van der Waals surface area contributed by atoms with E-state index in [-0.39, 0.29) is 0 Å². The lowest BCUT2D eigenvalue weighted by molar-refractivity contribution is 0.277. The molecule has 16 heavy (non-hydrogen) atoms. The Balaban J connectivity index is 2.14. The van der Waals surface area contributed by atoms with Crippen LogP contribution in [0.2, 0.25) is 5.02 Å². The Hall–Kier alpha value is -0.530. The molecular weight excluding hydrogens is 218 g/mol. The maximum atomic E-state index is 6.43. The molecule has 0 bridgehead atoms. The molecule has 0 radical (unpaired) electrons. The van der Waals surface area contributed by atoms with Crippen molar-refractivity contribution in [2.75, 3.05) is 13.1 Å². The topological polar surface area (TPSA) is 12.0 Å². The van der Waals surface area contributed by atoms with E-state index in [1.165, 1.54) is 23.1 Å². The van der Waals surface area contributed by atoms with Crippen molar-refractivity contribution in [2.45, 2.75) is 32.6 Å². The third-order valence-electron chi connectivity index (χ3n) is 4.51. The Morgan fingerprint density at radius 3 is 3.06 bits per heavy atom. The molecule has 0 aromatic heterocycles. The largest absolute Gasteiger partial charge is 0.316 e. The van der Waals surface area contributed by atoms with Gasteiger partial charge in [0.05, 0.1) is 0 Å². The average molecular weight is 236 g/mol. The Morgan fingerprint density at radius 2 is 2.25 bits per heavy atom. The molecular formula is C14H18ClN. The van der Waals surface area contributed by atoms with Crippen LogP contribution in [0.15, 0.2) is 12.1 Å². The van der Waals surface area contributed by atoms with Crippen LogP contribution in [0.1, 0.15) is 36.0 Å². The Bertz CT molecular complexity index is 441. The minimum Gasteiger partial charge on any atom is -0.316 e. The van der Waals surface area contributed by atoms with Gasteiger partial charge in [0.2, 0.25) is 0 Å². The summed E-state index contributed by atoms with van der Waals surface area (Å²) in [6.07, 6.45) is 2.41. The van der Waals surface area contributed by atoms with Crippen LogP contribution >= 0.6 is 11.6 Å². The smallest absolute Gasteiger partial charge is 0.0470 e. The minimum absolute atomic E-state index is 0.450. The van der Waals surface area contributed by atoms with Crippen molar-refractivity contribution < 1.29 is 0 Å². The fraction of sp³-hybridized carbons (Fsp3) is 0.571. The van der Waals surface area contributed by atoms with Gasteiger partial charge in [-0.15, -0.1) is 0 Å². The molecule has 0 amide bonds. The summed E-state index contributed by atoms with van der Waals surface area (Å²) in [5.74, 6) is 0.661. The van der Waals surface area contributed by atoms with Crippen molar-refractivity contribution in [3.05, 3.63) is 33.8 Å². The van der Waals surface area contributed by atoms with Gasteiger partial charge in [0.15, 0.2) is 0 Å². The predicted octanol–water partition coefficient (Wildman–Crippen LogP) is 3.29. The second-order valence-electron chi connectivity index (χ2n) is 5.60. The van der Waals surface area contributed by atoms with Gasteiger partial charge in [0.1, 0.15) is 0 Å². The summed E-state index contributed by atoms with van der Waals surface area (Å²) in [7, 11) is 0. The van der Waals surface area contributed by atoms with Crippen molar-refractivity contribution in [3.8, 4) is 0 Å². The van der Waals surface area contributed by atoms with Crippen LogP contribution < -0.4 is 5.32 Å². The van der Waals surface area contributed by atoms with Gasteiger partial charge in [0, 0.05) is 24.0 Å². The molecule has 1 N–H and O–H groups in total. The van der Waals surface area contributed by atoms with Crippen molar-refractivity contribution in [1.82, 2.24) is 5.32 Å². The van der Waals surface area contributed by atoms with Crippen molar-refractivity contribution in [1.29, 1.82) is 0 Å². The van der Waals surface area contributed by atoms with Gasteiger partial charge < -0.3 is 5.32 Å². The molecule has 1 aromatic rings.